The molecule has 0 aromatic heterocycles. The number of hydrogen-bond donors (Lipinski definition) is 1. The number of guanidine groups is 1. The number of nitrogens with one attached hydrogen (secondary N) is 1. The third-order valence-corrected chi connectivity index (χ3v) is 6.81. The summed E-state index contributed by atoms with van der Waals surface area (Å²) in [4.78, 5) is 21.6. The van der Waals surface area contributed by atoms with Gasteiger partial charge < -0.3 is 19.9 Å². The van der Waals surface area contributed by atoms with Crippen LogP contribution in [0.3, 0.4) is 0 Å². The first-order valence-corrected chi connectivity index (χ1v) is 11.2. The standard InChI is InChI=1S/C21H36N4O2.HI/c1-2-22-21(23-18-15-17(18)16-7-4-3-5-8-16)25-12-10-24(11-13-25)20(26)19-9-6-14-27-19;/h16-19H,2-15H2,1H3,(H,22,23);1H. The Balaban J connectivity index is 0.00000225. The summed E-state index contributed by atoms with van der Waals surface area (Å²) in [5.74, 6) is 3.04. The van der Waals surface area contributed by atoms with Crippen LogP contribution in [-0.2, 0) is 9.53 Å². The van der Waals surface area contributed by atoms with Crippen molar-refractivity contribution < 1.29 is 9.53 Å². The molecule has 4 fully saturated rings. The fourth-order valence-corrected chi connectivity index (χ4v) is 5.13. The highest BCUT2D eigenvalue weighted by Gasteiger charge is 2.44. The third kappa shape index (κ3) is 5.32. The Labute approximate surface area is 186 Å². The first-order chi connectivity index (χ1) is 13.3. The molecule has 1 N–H and O–H groups in total. The Hall–Kier alpha value is -0.570. The summed E-state index contributed by atoms with van der Waals surface area (Å²) >= 11 is 0. The third-order valence-electron chi connectivity index (χ3n) is 6.81. The molecule has 0 radical (unpaired) electrons. The smallest absolute Gasteiger partial charge is 0.251 e. The lowest BCUT2D eigenvalue weighted by atomic mass is 9.85. The molecule has 7 heteroatoms. The molecular formula is C21H37IN4O2. The second-order valence-corrected chi connectivity index (χ2v) is 8.66. The van der Waals surface area contributed by atoms with Gasteiger partial charge in [0.2, 0.25) is 0 Å². The van der Waals surface area contributed by atoms with E-state index in [0.29, 0.717) is 6.04 Å². The molecule has 0 bridgehead atoms. The largest absolute Gasteiger partial charge is 0.368 e. The van der Waals surface area contributed by atoms with Gasteiger partial charge in [0, 0.05) is 45.4 Å². The van der Waals surface area contributed by atoms with E-state index in [1.165, 1.54) is 38.5 Å². The van der Waals surface area contributed by atoms with Gasteiger partial charge in [-0.15, -0.1) is 24.0 Å². The second-order valence-electron chi connectivity index (χ2n) is 8.66. The number of ether oxygens (including phenoxy) is 1. The summed E-state index contributed by atoms with van der Waals surface area (Å²) in [7, 11) is 0. The maximum Gasteiger partial charge on any atom is 0.251 e. The second kappa shape index (κ2) is 10.5. The van der Waals surface area contributed by atoms with Crippen molar-refractivity contribution in [3.8, 4) is 0 Å². The predicted octanol–water partition coefficient (Wildman–Crippen LogP) is 2.86. The molecule has 2 saturated carbocycles. The minimum Gasteiger partial charge on any atom is -0.368 e. The zero-order valence-electron chi connectivity index (χ0n) is 17.3. The van der Waals surface area contributed by atoms with Crippen molar-refractivity contribution >= 4 is 35.8 Å². The molecule has 3 unspecified atom stereocenters. The number of amides is 1. The number of rotatable bonds is 4. The van der Waals surface area contributed by atoms with Crippen LogP contribution in [0.4, 0.5) is 0 Å². The molecule has 4 aliphatic rings. The van der Waals surface area contributed by atoms with Crippen molar-refractivity contribution in [3.63, 3.8) is 0 Å². The van der Waals surface area contributed by atoms with E-state index in [9.17, 15) is 4.79 Å². The summed E-state index contributed by atoms with van der Waals surface area (Å²) in [5.41, 5.74) is 0. The van der Waals surface area contributed by atoms with E-state index >= 15 is 0 Å². The van der Waals surface area contributed by atoms with Crippen molar-refractivity contribution in [3.05, 3.63) is 0 Å². The molecule has 160 valence electrons. The molecule has 28 heavy (non-hydrogen) atoms. The number of nitrogens with zero attached hydrogens (tertiary/aromatic N) is 3. The summed E-state index contributed by atoms with van der Waals surface area (Å²) in [5, 5.41) is 3.76. The molecule has 0 aromatic carbocycles. The van der Waals surface area contributed by atoms with E-state index in [1.807, 2.05) is 4.90 Å². The number of piperazine rings is 1. The molecule has 0 aromatic rings. The summed E-state index contributed by atoms with van der Waals surface area (Å²) in [6.07, 6.45) is 10.1. The van der Waals surface area contributed by atoms with Crippen molar-refractivity contribution in [2.45, 2.75) is 70.4 Å². The van der Waals surface area contributed by atoms with Crippen LogP contribution in [0.1, 0.15) is 58.3 Å². The summed E-state index contributed by atoms with van der Waals surface area (Å²) < 4.78 is 5.57. The van der Waals surface area contributed by atoms with Crippen molar-refractivity contribution in [2.75, 3.05) is 39.3 Å². The highest BCUT2D eigenvalue weighted by atomic mass is 127. The van der Waals surface area contributed by atoms with Gasteiger partial charge in [-0.1, -0.05) is 32.1 Å². The van der Waals surface area contributed by atoms with Crippen LogP contribution < -0.4 is 5.32 Å². The van der Waals surface area contributed by atoms with Gasteiger partial charge in [-0.25, -0.2) is 0 Å². The first kappa shape index (κ1) is 22.1. The van der Waals surface area contributed by atoms with Gasteiger partial charge in [0.15, 0.2) is 5.96 Å². The number of carbonyl (C=O) groups is 1. The van der Waals surface area contributed by atoms with Gasteiger partial charge in [-0.05, 0) is 38.0 Å². The highest BCUT2D eigenvalue weighted by Crippen LogP contribution is 2.44. The lowest BCUT2D eigenvalue weighted by Gasteiger charge is -2.37. The number of aliphatic imine (C=N–C) groups is 1. The number of hydrogen-bond acceptors (Lipinski definition) is 3. The van der Waals surface area contributed by atoms with Crippen molar-refractivity contribution in [2.24, 2.45) is 16.8 Å². The van der Waals surface area contributed by atoms with Crippen LogP contribution in [0.15, 0.2) is 4.99 Å². The minimum atomic E-state index is -0.193. The van der Waals surface area contributed by atoms with Crippen LogP contribution in [-0.4, -0.2) is 73.1 Å². The first-order valence-electron chi connectivity index (χ1n) is 11.2. The predicted molar refractivity (Wildman–Crippen MR) is 122 cm³/mol. The Morgan fingerprint density at radius 2 is 1.75 bits per heavy atom. The molecule has 0 spiro atoms. The summed E-state index contributed by atoms with van der Waals surface area (Å²) in [6, 6.07) is 0.616. The molecule has 2 aliphatic heterocycles. The van der Waals surface area contributed by atoms with Gasteiger partial charge in [-0.3, -0.25) is 9.79 Å². The lowest BCUT2D eigenvalue weighted by molar-refractivity contribution is -0.142. The Morgan fingerprint density at radius 1 is 1.04 bits per heavy atom. The molecular weight excluding hydrogens is 467 g/mol. The average molecular weight is 504 g/mol. The average Bonchev–Trinajstić information content (AvgIpc) is 3.26. The fourth-order valence-electron chi connectivity index (χ4n) is 5.13. The van der Waals surface area contributed by atoms with Gasteiger partial charge in [-0.2, -0.15) is 0 Å². The lowest BCUT2D eigenvalue weighted by Crippen LogP contribution is -2.55. The van der Waals surface area contributed by atoms with Gasteiger partial charge >= 0.3 is 0 Å². The SMILES string of the molecule is CCN=C(NC1CC1C1CCCCC1)N1CCN(C(=O)C2CCCO2)CC1.I. The van der Waals surface area contributed by atoms with Crippen LogP contribution >= 0.6 is 24.0 Å². The Bertz CT molecular complexity index is 539. The maximum absolute atomic E-state index is 12.5. The molecule has 1 amide bonds. The van der Waals surface area contributed by atoms with E-state index in [0.717, 1.165) is 70.0 Å². The molecule has 4 rings (SSSR count). The number of carbonyl (C=O) groups excluding carboxylic acids is 1. The highest BCUT2D eigenvalue weighted by molar-refractivity contribution is 14.0. The Kier molecular flexibility index (Phi) is 8.26. The van der Waals surface area contributed by atoms with E-state index in [1.54, 1.807) is 0 Å². The van der Waals surface area contributed by atoms with Crippen LogP contribution in [0.2, 0.25) is 0 Å². The zero-order valence-corrected chi connectivity index (χ0v) is 19.6. The fraction of sp³-hybridized carbons (Fsp3) is 0.905. The van der Waals surface area contributed by atoms with Crippen LogP contribution in [0.25, 0.3) is 0 Å². The monoisotopic (exact) mass is 504 g/mol. The molecule has 2 aliphatic carbocycles. The normalized spacial score (nSPS) is 31.5. The molecule has 2 heterocycles. The Morgan fingerprint density at radius 3 is 2.39 bits per heavy atom. The molecule has 3 atom stereocenters. The van der Waals surface area contributed by atoms with E-state index < -0.39 is 0 Å². The van der Waals surface area contributed by atoms with E-state index in [-0.39, 0.29) is 36.0 Å². The molecule has 6 nitrogen and oxygen atoms in total. The van der Waals surface area contributed by atoms with Gasteiger partial charge in [0.25, 0.3) is 5.91 Å². The quantitative estimate of drug-likeness (QED) is 0.364. The van der Waals surface area contributed by atoms with Crippen LogP contribution in [0.5, 0.6) is 0 Å². The van der Waals surface area contributed by atoms with Crippen molar-refractivity contribution in [1.29, 1.82) is 0 Å². The number of halogens is 1. The van der Waals surface area contributed by atoms with Gasteiger partial charge in [0.1, 0.15) is 6.10 Å². The topological polar surface area (TPSA) is 57.2 Å². The summed E-state index contributed by atoms with van der Waals surface area (Å²) in [6.45, 7) is 6.93. The van der Waals surface area contributed by atoms with Gasteiger partial charge in [0.05, 0.1) is 0 Å². The van der Waals surface area contributed by atoms with Crippen LogP contribution in [0, 0.1) is 11.8 Å². The maximum atomic E-state index is 12.5. The van der Waals surface area contributed by atoms with E-state index in [2.05, 4.69) is 17.1 Å². The minimum absolute atomic E-state index is 0. The van der Waals surface area contributed by atoms with Crippen molar-refractivity contribution in [1.82, 2.24) is 15.1 Å². The zero-order chi connectivity index (χ0) is 18.6. The molecule has 2 saturated heterocycles. The van der Waals surface area contributed by atoms with E-state index in [4.69, 9.17) is 9.73 Å².